The number of nitrogens with one attached hydrogen (secondary N) is 2. The molecule has 0 atom stereocenters. The van der Waals surface area contributed by atoms with Crippen molar-refractivity contribution >= 4 is 33.1 Å². The number of nitrogens with zero attached hydrogens (tertiary/aromatic N) is 3. The summed E-state index contributed by atoms with van der Waals surface area (Å²) in [6.45, 7) is 1.72. The number of aromatic nitrogens is 1. The van der Waals surface area contributed by atoms with Crippen LogP contribution in [0.5, 0.6) is 5.75 Å². The average molecular weight is 592 g/mol. The van der Waals surface area contributed by atoms with Crippen LogP contribution in [0.25, 0.3) is 0 Å². The Bertz CT molecular complexity index is 1430. The number of piperidine rings is 2. The van der Waals surface area contributed by atoms with E-state index in [1.54, 1.807) is 23.1 Å². The molecule has 1 aromatic carbocycles. The summed E-state index contributed by atoms with van der Waals surface area (Å²) in [6, 6.07) is 6.24. The molecule has 1 aromatic heterocycles. The summed E-state index contributed by atoms with van der Waals surface area (Å²) in [5.74, 6) is -2.25. The van der Waals surface area contributed by atoms with E-state index in [0.717, 1.165) is 31.5 Å². The van der Waals surface area contributed by atoms with Gasteiger partial charge in [-0.1, -0.05) is 0 Å². The third-order valence-corrected chi connectivity index (χ3v) is 10.2. The zero-order chi connectivity index (χ0) is 28.8. The fraction of sp³-hybridized carbons (Fsp3) is 0.571. The first-order valence-electron chi connectivity index (χ1n) is 14.2. The minimum absolute atomic E-state index is 0.0441. The SMILES string of the molecule is O=C(Nc1ccc(S(=O)(=O)NCCO)cc1N1CCC2(CC1)CC2)c1cc2c(c(N3CCC(F)(F)CC3)n1)OCC2. The van der Waals surface area contributed by atoms with Gasteiger partial charge in [0, 0.05) is 57.5 Å². The van der Waals surface area contributed by atoms with E-state index in [-0.39, 0.29) is 49.7 Å². The number of carbonyl (C=O) groups is 1. The lowest BCUT2D eigenvalue weighted by molar-refractivity contribution is -0.0222. The highest BCUT2D eigenvalue weighted by atomic mass is 32.2. The maximum Gasteiger partial charge on any atom is 0.274 e. The second kappa shape index (κ2) is 10.7. The molecule has 1 saturated carbocycles. The van der Waals surface area contributed by atoms with Gasteiger partial charge in [0.2, 0.25) is 10.0 Å². The Kier molecular flexibility index (Phi) is 7.31. The monoisotopic (exact) mass is 591 g/mol. The summed E-state index contributed by atoms with van der Waals surface area (Å²) in [6.07, 6.45) is 4.45. The lowest BCUT2D eigenvalue weighted by Gasteiger charge is -2.35. The number of rotatable bonds is 8. The summed E-state index contributed by atoms with van der Waals surface area (Å²) < 4.78 is 61.4. The quantitative estimate of drug-likeness (QED) is 0.428. The van der Waals surface area contributed by atoms with Crippen molar-refractivity contribution in [1.29, 1.82) is 0 Å². The fourth-order valence-corrected chi connectivity index (χ4v) is 6.99. The highest BCUT2D eigenvalue weighted by Crippen LogP contribution is 2.54. The van der Waals surface area contributed by atoms with Gasteiger partial charge < -0.3 is 25.0 Å². The zero-order valence-electron chi connectivity index (χ0n) is 22.8. The van der Waals surface area contributed by atoms with Crippen molar-refractivity contribution in [3.63, 3.8) is 0 Å². The second-order valence-electron chi connectivity index (χ2n) is 11.5. The molecule has 2 aromatic rings. The van der Waals surface area contributed by atoms with Crippen LogP contribution in [-0.4, -0.2) is 76.3 Å². The number of sulfonamides is 1. The predicted molar refractivity (Wildman–Crippen MR) is 150 cm³/mol. The Hall–Kier alpha value is -3.03. The normalized spacial score (nSPS) is 21.0. The number of hydrogen-bond donors (Lipinski definition) is 3. The van der Waals surface area contributed by atoms with Crippen LogP contribution < -0.4 is 24.6 Å². The topological polar surface area (TPSA) is 124 Å². The van der Waals surface area contributed by atoms with Gasteiger partial charge in [-0.15, -0.1) is 0 Å². The molecular weight excluding hydrogens is 556 g/mol. The van der Waals surface area contributed by atoms with E-state index in [4.69, 9.17) is 9.84 Å². The molecule has 0 unspecified atom stereocenters. The third-order valence-electron chi connectivity index (χ3n) is 8.73. The molecule has 3 N–H and O–H groups in total. The van der Waals surface area contributed by atoms with Crippen LogP contribution in [-0.2, 0) is 16.4 Å². The molecule has 13 heteroatoms. The van der Waals surface area contributed by atoms with Crippen LogP contribution in [0, 0.1) is 5.41 Å². The number of hydrogen-bond acceptors (Lipinski definition) is 8. The number of aliphatic hydroxyl groups is 1. The smallest absolute Gasteiger partial charge is 0.274 e. The highest BCUT2D eigenvalue weighted by Gasteiger charge is 2.44. The first-order chi connectivity index (χ1) is 19.6. The van der Waals surface area contributed by atoms with E-state index in [1.165, 1.54) is 18.9 Å². The van der Waals surface area contributed by atoms with Gasteiger partial charge in [-0.05, 0) is 55.4 Å². The van der Waals surface area contributed by atoms with Crippen molar-refractivity contribution < 1.29 is 31.8 Å². The molecular formula is C28H35F2N5O5S. The minimum Gasteiger partial charge on any atom is -0.489 e. The van der Waals surface area contributed by atoms with Crippen LogP contribution in [0.1, 0.15) is 54.6 Å². The summed E-state index contributed by atoms with van der Waals surface area (Å²) in [5.41, 5.74) is 2.41. The fourth-order valence-electron chi connectivity index (χ4n) is 5.95. The van der Waals surface area contributed by atoms with Crippen LogP contribution in [0.2, 0.25) is 0 Å². The van der Waals surface area contributed by atoms with Gasteiger partial charge in [0.25, 0.3) is 11.8 Å². The number of pyridine rings is 1. The molecule has 0 bridgehead atoms. The standard InChI is InChI=1S/C28H35F2N5O5S/c29-28(30)8-13-35(14-9-28)25-24-19(3-16-40-24)17-22(32-25)26(37)33-21-2-1-20(41(38,39)31-10-15-36)18-23(21)34-11-6-27(4-5-27)7-12-34/h1-2,17-18,31,36H,3-16H2,(H,33,37). The Morgan fingerprint density at radius 3 is 2.41 bits per heavy atom. The van der Waals surface area contributed by atoms with Gasteiger partial charge in [-0.2, -0.15) is 0 Å². The lowest BCUT2D eigenvalue weighted by Crippen LogP contribution is -2.40. The van der Waals surface area contributed by atoms with Crippen LogP contribution in [0.3, 0.4) is 0 Å². The van der Waals surface area contributed by atoms with Crippen LogP contribution >= 0.6 is 0 Å². The summed E-state index contributed by atoms with van der Waals surface area (Å²) in [5, 5.41) is 12.0. The molecule has 3 aliphatic heterocycles. The number of carbonyl (C=O) groups excluding carboxylic acids is 1. The van der Waals surface area contributed by atoms with Crippen molar-refractivity contribution in [3.05, 3.63) is 35.5 Å². The van der Waals surface area contributed by atoms with E-state index in [0.29, 0.717) is 41.4 Å². The Balaban J connectivity index is 1.29. The summed E-state index contributed by atoms with van der Waals surface area (Å²) in [7, 11) is -3.86. The number of alkyl halides is 2. The molecule has 6 rings (SSSR count). The lowest BCUT2D eigenvalue weighted by atomic mass is 9.93. The van der Waals surface area contributed by atoms with Gasteiger partial charge >= 0.3 is 0 Å². The largest absolute Gasteiger partial charge is 0.489 e. The summed E-state index contributed by atoms with van der Waals surface area (Å²) >= 11 is 0. The van der Waals surface area contributed by atoms with Crippen LogP contribution in [0.4, 0.5) is 26.0 Å². The molecule has 4 aliphatic rings. The second-order valence-corrected chi connectivity index (χ2v) is 13.3. The van der Waals surface area contributed by atoms with Crippen LogP contribution in [0.15, 0.2) is 29.2 Å². The molecule has 41 heavy (non-hydrogen) atoms. The zero-order valence-corrected chi connectivity index (χ0v) is 23.6. The average Bonchev–Trinajstić information content (AvgIpc) is 3.53. The van der Waals surface area contributed by atoms with E-state index >= 15 is 0 Å². The van der Waals surface area contributed by atoms with Crippen molar-refractivity contribution in [2.75, 3.05) is 61.1 Å². The molecule has 2 saturated heterocycles. The van der Waals surface area contributed by atoms with Gasteiger partial charge in [-0.3, -0.25) is 4.79 Å². The van der Waals surface area contributed by atoms with Crippen molar-refractivity contribution in [1.82, 2.24) is 9.71 Å². The van der Waals surface area contributed by atoms with Crippen molar-refractivity contribution in [2.45, 2.75) is 55.8 Å². The Labute approximate surface area is 238 Å². The Morgan fingerprint density at radius 2 is 1.73 bits per heavy atom. The van der Waals surface area contributed by atoms with Crippen molar-refractivity contribution in [2.24, 2.45) is 5.41 Å². The van der Waals surface area contributed by atoms with Crippen molar-refractivity contribution in [3.8, 4) is 5.75 Å². The minimum atomic E-state index is -3.86. The molecule has 222 valence electrons. The van der Waals surface area contributed by atoms with E-state index in [9.17, 15) is 22.0 Å². The van der Waals surface area contributed by atoms with Gasteiger partial charge in [0.05, 0.1) is 29.5 Å². The molecule has 4 heterocycles. The van der Waals surface area contributed by atoms with E-state index < -0.39 is 21.9 Å². The third kappa shape index (κ3) is 5.84. The molecule has 0 radical (unpaired) electrons. The van der Waals surface area contributed by atoms with E-state index in [2.05, 4.69) is 19.9 Å². The number of benzene rings is 1. The van der Waals surface area contributed by atoms with Gasteiger partial charge in [0.15, 0.2) is 11.6 Å². The summed E-state index contributed by atoms with van der Waals surface area (Å²) in [4.78, 5) is 22.1. The van der Waals surface area contributed by atoms with Gasteiger partial charge in [0.1, 0.15) is 5.69 Å². The van der Waals surface area contributed by atoms with E-state index in [1.807, 2.05) is 0 Å². The molecule has 1 spiro atoms. The highest BCUT2D eigenvalue weighted by molar-refractivity contribution is 7.89. The molecule has 10 nitrogen and oxygen atoms in total. The molecule has 1 aliphatic carbocycles. The van der Waals surface area contributed by atoms with Gasteiger partial charge in [-0.25, -0.2) is 26.9 Å². The number of amides is 1. The maximum atomic E-state index is 13.8. The first-order valence-corrected chi connectivity index (χ1v) is 15.7. The number of fused-ring (bicyclic) bond motifs is 1. The molecule has 3 fully saturated rings. The number of anilines is 3. The number of ether oxygens (including phenoxy) is 1. The predicted octanol–water partition coefficient (Wildman–Crippen LogP) is 3.16. The molecule has 1 amide bonds. The number of halogens is 2. The Morgan fingerprint density at radius 1 is 1.02 bits per heavy atom. The number of aliphatic hydroxyl groups excluding tert-OH is 1. The first kappa shape index (κ1) is 28.1. The maximum absolute atomic E-state index is 13.8.